The summed E-state index contributed by atoms with van der Waals surface area (Å²) in [6, 6.07) is 0.626. The topological polar surface area (TPSA) is 44.3 Å². The van der Waals surface area contributed by atoms with Crippen LogP contribution in [0.15, 0.2) is 0 Å². The quantitative estimate of drug-likeness (QED) is 0.623. The molecule has 2 rings (SSSR count). The lowest BCUT2D eigenvalue weighted by Crippen LogP contribution is -2.46. The minimum Gasteiger partial charge on any atom is -0.389 e. The van der Waals surface area contributed by atoms with Crippen LogP contribution in [0, 0.1) is 0 Å². The summed E-state index contributed by atoms with van der Waals surface area (Å²) >= 11 is 0. The van der Waals surface area contributed by atoms with Gasteiger partial charge in [-0.25, -0.2) is 0 Å². The van der Waals surface area contributed by atoms with Crippen LogP contribution in [0.4, 0.5) is 0 Å². The molecule has 82 valence electrons. The fourth-order valence-electron chi connectivity index (χ4n) is 2.57. The second kappa shape index (κ2) is 4.60. The van der Waals surface area contributed by atoms with Crippen LogP contribution < -0.4 is 10.6 Å². The van der Waals surface area contributed by atoms with E-state index in [1.807, 2.05) is 0 Å². The molecule has 0 amide bonds. The number of hydrogen-bond acceptors (Lipinski definition) is 3. The third kappa shape index (κ3) is 2.69. The summed E-state index contributed by atoms with van der Waals surface area (Å²) < 4.78 is 0. The lowest BCUT2D eigenvalue weighted by Gasteiger charge is -2.29. The maximum atomic E-state index is 10.1. The van der Waals surface area contributed by atoms with Crippen molar-refractivity contribution < 1.29 is 5.11 Å². The normalized spacial score (nSPS) is 28.1. The predicted molar refractivity (Wildman–Crippen MR) is 57.3 cm³/mol. The molecule has 2 aliphatic rings. The van der Waals surface area contributed by atoms with E-state index in [0.29, 0.717) is 6.04 Å². The van der Waals surface area contributed by atoms with Crippen LogP contribution in [0.5, 0.6) is 0 Å². The molecule has 0 bridgehead atoms. The summed E-state index contributed by atoms with van der Waals surface area (Å²) in [6.45, 7) is 3.05. The molecule has 0 aromatic carbocycles. The van der Waals surface area contributed by atoms with E-state index in [9.17, 15) is 5.11 Å². The second-order valence-electron chi connectivity index (χ2n) is 4.84. The standard InChI is InChI=1S/C11H22N2O/c14-11(5-1-2-6-11)9-13-10-3-7-12-8-4-10/h10,12-14H,1-9H2. The summed E-state index contributed by atoms with van der Waals surface area (Å²) in [5, 5.41) is 17.0. The van der Waals surface area contributed by atoms with E-state index >= 15 is 0 Å². The van der Waals surface area contributed by atoms with Crippen molar-refractivity contribution in [2.24, 2.45) is 0 Å². The van der Waals surface area contributed by atoms with Gasteiger partial charge in [0, 0.05) is 12.6 Å². The van der Waals surface area contributed by atoms with Crippen LogP contribution >= 0.6 is 0 Å². The van der Waals surface area contributed by atoms with Gasteiger partial charge in [-0.05, 0) is 38.8 Å². The Hall–Kier alpha value is -0.120. The molecular weight excluding hydrogens is 176 g/mol. The molecular formula is C11H22N2O. The SMILES string of the molecule is OC1(CNC2CCNCC2)CCCC1. The average molecular weight is 198 g/mol. The summed E-state index contributed by atoms with van der Waals surface area (Å²) in [5.74, 6) is 0. The van der Waals surface area contributed by atoms with Gasteiger partial charge < -0.3 is 15.7 Å². The van der Waals surface area contributed by atoms with Gasteiger partial charge in [0.15, 0.2) is 0 Å². The summed E-state index contributed by atoms with van der Waals surface area (Å²) in [7, 11) is 0. The molecule has 3 heteroatoms. The van der Waals surface area contributed by atoms with Crippen molar-refractivity contribution in [1.29, 1.82) is 0 Å². The van der Waals surface area contributed by atoms with E-state index in [-0.39, 0.29) is 5.60 Å². The van der Waals surface area contributed by atoms with Crippen LogP contribution in [0.3, 0.4) is 0 Å². The van der Waals surface area contributed by atoms with Crippen LogP contribution in [-0.4, -0.2) is 36.4 Å². The molecule has 0 spiro atoms. The van der Waals surface area contributed by atoms with Crippen LogP contribution in [0.25, 0.3) is 0 Å². The van der Waals surface area contributed by atoms with E-state index in [1.54, 1.807) is 0 Å². The highest BCUT2D eigenvalue weighted by molar-refractivity contribution is 4.88. The molecule has 3 nitrogen and oxygen atoms in total. The second-order valence-corrected chi connectivity index (χ2v) is 4.84. The molecule has 1 saturated heterocycles. The maximum Gasteiger partial charge on any atom is 0.0771 e. The maximum absolute atomic E-state index is 10.1. The van der Waals surface area contributed by atoms with E-state index in [2.05, 4.69) is 10.6 Å². The molecule has 0 unspecified atom stereocenters. The predicted octanol–water partition coefficient (Wildman–Crippen LogP) is 0.633. The van der Waals surface area contributed by atoms with Gasteiger partial charge in [0.25, 0.3) is 0 Å². The van der Waals surface area contributed by atoms with Crippen molar-refractivity contribution in [1.82, 2.24) is 10.6 Å². The summed E-state index contributed by atoms with van der Waals surface area (Å²) in [6.07, 6.45) is 6.79. The first-order valence-electron chi connectivity index (χ1n) is 5.95. The van der Waals surface area contributed by atoms with E-state index < -0.39 is 0 Å². The van der Waals surface area contributed by atoms with Crippen LogP contribution in [0.1, 0.15) is 38.5 Å². The summed E-state index contributed by atoms with van der Waals surface area (Å²) in [4.78, 5) is 0. The Bertz CT molecular complexity index is 172. The molecule has 1 aliphatic heterocycles. The van der Waals surface area contributed by atoms with Crippen molar-refractivity contribution in [3.05, 3.63) is 0 Å². The minimum atomic E-state index is -0.384. The Labute approximate surface area is 86.3 Å². The Balaban J connectivity index is 1.70. The smallest absolute Gasteiger partial charge is 0.0771 e. The number of piperidine rings is 1. The summed E-state index contributed by atoms with van der Waals surface area (Å²) in [5.41, 5.74) is -0.384. The Morgan fingerprint density at radius 3 is 2.50 bits per heavy atom. The van der Waals surface area contributed by atoms with Crippen molar-refractivity contribution in [2.45, 2.75) is 50.2 Å². The fourth-order valence-corrected chi connectivity index (χ4v) is 2.57. The van der Waals surface area contributed by atoms with Crippen molar-refractivity contribution >= 4 is 0 Å². The molecule has 0 radical (unpaired) electrons. The first kappa shape index (κ1) is 10.4. The van der Waals surface area contributed by atoms with Crippen LogP contribution in [-0.2, 0) is 0 Å². The molecule has 1 saturated carbocycles. The van der Waals surface area contributed by atoms with Gasteiger partial charge in [0.2, 0.25) is 0 Å². The zero-order valence-corrected chi connectivity index (χ0v) is 8.89. The molecule has 1 aliphatic carbocycles. The average Bonchev–Trinajstić information content (AvgIpc) is 2.65. The van der Waals surface area contributed by atoms with Gasteiger partial charge >= 0.3 is 0 Å². The number of nitrogens with one attached hydrogen (secondary N) is 2. The van der Waals surface area contributed by atoms with Gasteiger partial charge in [-0.1, -0.05) is 12.8 Å². The van der Waals surface area contributed by atoms with Crippen molar-refractivity contribution in [3.63, 3.8) is 0 Å². The van der Waals surface area contributed by atoms with E-state index in [1.165, 1.54) is 25.7 Å². The highest BCUT2D eigenvalue weighted by Crippen LogP contribution is 2.28. The third-order valence-electron chi connectivity index (χ3n) is 3.59. The van der Waals surface area contributed by atoms with Gasteiger partial charge in [-0.2, -0.15) is 0 Å². The third-order valence-corrected chi connectivity index (χ3v) is 3.59. The van der Waals surface area contributed by atoms with Crippen LogP contribution in [0.2, 0.25) is 0 Å². The largest absolute Gasteiger partial charge is 0.389 e. The molecule has 1 heterocycles. The number of aliphatic hydroxyl groups is 1. The van der Waals surface area contributed by atoms with Gasteiger partial charge in [-0.3, -0.25) is 0 Å². The molecule has 2 fully saturated rings. The first-order chi connectivity index (χ1) is 6.79. The lowest BCUT2D eigenvalue weighted by molar-refractivity contribution is 0.0437. The molecule has 14 heavy (non-hydrogen) atoms. The van der Waals surface area contributed by atoms with Crippen molar-refractivity contribution in [2.75, 3.05) is 19.6 Å². The zero-order chi connectivity index (χ0) is 9.86. The molecule has 0 aromatic heterocycles. The Morgan fingerprint density at radius 2 is 1.86 bits per heavy atom. The monoisotopic (exact) mass is 198 g/mol. The minimum absolute atomic E-state index is 0.384. The van der Waals surface area contributed by atoms with E-state index in [0.717, 1.165) is 32.5 Å². The Morgan fingerprint density at radius 1 is 1.21 bits per heavy atom. The number of hydrogen-bond donors (Lipinski definition) is 3. The van der Waals surface area contributed by atoms with Gasteiger partial charge in [-0.15, -0.1) is 0 Å². The lowest BCUT2D eigenvalue weighted by atomic mass is 10.0. The Kier molecular flexibility index (Phi) is 3.42. The zero-order valence-electron chi connectivity index (χ0n) is 8.89. The molecule has 0 aromatic rings. The number of rotatable bonds is 3. The molecule has 0 atom stereocenters. The van der Waals surface area contributed by atoms with E-state index in [4.69, 9.17) is 0 Å². The van der Waals surface area contributed by atoms with Gasteiger partial charge in [0.1, 0.15) is 0 Å². The molecule has 3 N–H and O–H groups in total. The highest BCUT2D eigenvalue weighted by Gasteiger charge is 2.31. The first-order valence-corrected chi connectivity index (χ1v) is 5.95. The fraction of sp³-hybridized carbons (Fsp3) is 1.00. The highest BCUT2D eigenvalue weighted by atomic mass is 16.3. The van der Waals surface area contributed by atoms with Gasteiger partial charge in [0.05, 0.1) is 5.60 Å². The van der Waals surface area contributed by atoms with Crippen molar-refractivity contribution in [3.8, 4) is 0 Å².